The van der Waals surface area contributed by atoms with Crippen molar-refractivity contribution in [1.82, 2.24) is 4.57 Å². The average molecular weight is 382 g/mol. The lowest BCUT2D eigenvalue weighted by atomic mass is 10.2. The van der Waals surface area contributed by atoms with Gasteiger partial charge in [-0.15, -0.1) is 0 Å². The van der Waals surface area contributed by atoms with Crippen LogP contribution in [0.25, 0.3) is 10.8 Å². The highest BCUT2D eigenvalue weighted by Gasteiger charge is 2.07. The van der Waals surface area contributed by atoms with Crippen LogP contribution < -0.4 is 0 Å². The molecule has 0 radical (unpaired) electrons. The Morgan fingerprint density at radius 2 is 1.33 bits per heavy atom. The van der Waals surface area contributed by atoms with Crippen LogP contribution in [-0.4, -0.2) is 9.50 Å². The quantitative estimate of drug-likeness (QED) is 0.376. The maximum atomic E-state index is 6.11. The molecule has 0 fully saturated rings. The summed E-state index contributed by atoms with van der Waals surface area (Å²) in [6, 6.07) is 8.18. The predicted octanol–water partition coefficient (Wildman–Crippen LogP) is 6.24. The van der Waals surface area contributed by atoms with Crippen molar-refractivity contribution in [3.8, 4) is 0 Å². The maximum absolute atomic E-state index is 6.11. The molecule has 2 aromatic rings. The van der Waals surface area contributed by atoms with Gasteiger partial charge in [0.25, 0.3) is 0 Å². The van der Waals surface area contributed by atoms with Crippen molar-refractivity contribution >= 4 is 45.0 Å². The minimum absolute atomic E-state index is 0.822. The first-order valence-corrected chi connectivity index (χ1v) is 8.82. The normalized spacial score (nSPS) is 8.28. The number of aryl methyl sites for hydroxylation is 1. The third-order valence-corrected chi connectivity index (χ3v) is 2.79. The zero-order chi connectivity index (χ0) is 14.7. The fourth-order valence-electron chi connectivity index (χ4n) is 1.49. The zero-order valence-electron chi connectivity index (χ0n) is 12.5. The van der Waals surface area contributed by atoms with Crippen LogP contribution in [0.4, 0.5) is 0 Å². The summed E-state index contributed by atoms with van der Waals surface area (Å²) in [6.45, 7) is 10.1. The molecule has 0 N–H and O–H groups in total. The summed E-state index contributed by atoms with van der Waals surface area (Å²) in [6.07, 6.45) is 0. The smallest absolute Gasteiger partial charge is 0.116 e. The van der Waals surface area contributed by atoms with Crippen molar-refractivity contribution in [2.75, 3.05) is 4.93 Å². The van der Waals surface area contributed by atoms with Crippen LogP contribution in [0.5, 0.6) is 0 Å². The first-order valence-electron chi connectivity index (χ1n) is 6.29. The van der Waals surface area contributed by atoms with Gasteiger partial charge in [0.05, 0.1) is 0 Å². The van der Waals surface area contributed by atoms with Gasteiger partial charge in [0, 0.05) is 23.5 Å². The second kappa shape index (κ2) is 11.8. The highest BCUT2D eigenvalue weighted by molar-refractivity contribution is 14.1. The molecule has 1 aromatic carbocycles. The highest BCUT2D eigenvalue weighted by Crippen LogP contribution is 2.27. The van der Waals surface area contributed by atoms with E-state index in [0.29, 0.717) is 0 Å². The average Bonchev–Trinajstić information content (AvgIpc) is 2.71. The van der Waals surface area contributed by atoms with Crippen molar-refractivity contribution in [2.24, 2.45) is 7.05 Å². The number of benzene rings is 1. The monoisotopic (exact) mass is 381 g/mol. The predicted molar refractivity (Wildman–Crippen MR) is 95.3 cm³/mol. The SMILES string of the molecule is CC.CC.CI.Cc1c2ccccc2c(Cl)n1C. The van der Waals surface area contributed by atoms with Crippen LogP contribution in [-0.2, 0) is 7.05 Å². The van der Waals surface area contributed by atoms with Crippen molar-refractivity contribution in [2.45, 2.75) is 34.6 Å². The Balaban J connectivity index is 0. The second-order valence-corrected chi connectivity index (χ2v) is 3.34. The van der Waals surface area contributed by atoms with Crippen LogP contribution in [0.3, 0.4) is 0 Å². The Hall–Kier alpha value is -0.220. The van der Waals surface area contributed by atoms with Gasteiger partial charge in [-0.25, -0.2) is 0 Å². The van der Waals surface area contributed by atoms with Crippen molar-refractivity contribution < 1.29 is 0 Å². The fourth-order valence-corrected chi connectivity index (χ4v) is 1.78. The van der Waals surface area contributed by atoms with Gasteiger partial charge in [0.1, 0.15) is 5.15 Å². The van der Waals surface area contributed by atoms with Crippen molar-refractivity contribution in [3.05, 3.63) is 35.1 Å². The number of halogens is 2. The molecule has 0 unspecified atom stereocenters. The largest absolute Gasteiger partial charge is 0.338 e. The van der Waals surface area contributed by atoms with Crippen molar-refractivity contribution in [3.63, 3.8) is 0 Å². The van der Waals surface area contributed by atoms with Gasteiger partial charge in [-0.1, -0.05) is 86.2 Å². The van der Waals surface area contributed by atoms with Gasteiger partial charge >= 0.3 is 0 Å². The Morgan fingerprint density at radius 1 is 0.944 bits per heavy atom. The van der Waals surface area contributed by atoms with E-state index < -0.39 is 0 Å². The molecule has 1 heterocycles. The van der Waals surface area contributed by atoms with E-state index in [0.717, 1.165) is 10.5 Å². The molecule has 104 valence electrons. The third kappa shape index (κ3) is 4.81. The minimum Gasteiger partial charge on any atom is -0.338 e. The molecule has 0 bridgehead atoms. The Bertz CT molecular complexity index is 396. The molecule has 1 aromatic heterocycles. The van der Waals surface area contributed by atoms with E-state index in [1.54, 1.807) is 0 Å². The number of hydrogen-bond acceptors (Lipinski definition) is 0. The van der Waals surface area contributed by atoms with Gasteiger partial charge in [0.2, 0.25) is 0 Å². The molecule has 0 amide bonds. The van der Waals surface area contributed by atoms with Crippen LogP contribution in [0, 0.1) is 6.92 Å². The lowest BCUT2D eigenvalue weighted by molar-refractivity contribution is 0.890. The van der Waals surface area contributed by atoms with E-state index in [1.807, 2.05) is 62.4 Å². The van der Waals surface area contributed by atoms with E-state index in [-0.39, 0.29) is 0 Å². The lowest BCUT2D eigenvalue weighted by Gasteiger charge is -1.95. The van der Waals surface area contributed by atoms with Gasteiger partial charge < -0.3 is 4.57 Å². The van der Waals surface area contributed by atoms with Crippen LogP contribution in [0.1, 0.15) is 33.4 Å². The first-order chi connectivity index (χ1) is 8.72. The molecule has 3 heteroatoms. The summed E-state index contributed by atoms with van der Waals surface area (Å²) in [5.74, 6) is 0. The molecule has 0 aliphatic rings. The summed E-state index contributed by atoms with van der Waals surface area (Å²) >= 11 is 8.26. The van der Waals surface area contributed by atoms with Crippen molar-refractivity contribution in [1.29, 1.82) is 0 Å². The molecule has 18 heavy (non-hydrogen) atoms. The summed E-state index contributed by atoms with van der Waals surface area (Å²) < 4.78 is 2.01. The minimum atomic E-state index is 0.822. The molecule has 0 spiro atoms. The lowest BCUT2D eigenvalue weighted by Crippen LogP contribution is -1.88. The van der Waals surface area contributed by atoms with Crippen LogP contribution >= 0.6 is 34.2 Å². The number of aromatic nitrogens is 1. The molecule has 1 nitrogen and oxygen atoms in total. The highest BCUT2D eigenvalue weighted by atomic mass is 127. The molecule has 0 saturated carbocycles. The van der Waals surface area contributed by atoms with E-state index in [1.165, 1.54) is 11.1 Å². The van der Waals surface area contributed by atoms with Gasteiger partial charge in [0.15, 0.2) is 0 Å². The first kappa shape index (κ1) is 20.1. The number of alkyl halides is 1. The van der Waals surface area contributed by atoms with Crippen LogP contribution in [0.15, 0.2) is 24.3 Å². The van der Waals surface area contributed by atoms with E-state index in [9.17, 15) is 0 Å². The number of hydrogen-bond donors (Lipinski definition) is 0. The summed E-state index contributed by atoms with van der Waals surface area (Å²) in [7, 11) is 1.98. The zero-order valence-corrected chi connectivity index (χ0v) is 15.4. The molecular weight excluding hydrogens is 357 g/mol. The standard InChI is InChI=1S/C10H10ClN.2C2H6.CH3I/c1-7-8-5-3-4-6-9(8)10(11)12(7)2;3*1-2/h3-6H,1-2H3;2*1-2H3;1H3. The molecule has 0 saturated heterocycles. The molecule has 0 aliphatic heterocycles. The topological polar surface area (TPSA) is 4.93 Å². The molecule has 0 aliphatic carbocycles. The van der Waals surface area contributed by atoms with E-state index in [4.69, 9.17) is 11.6 Å². The summed E-state index contributed by atoms with van der Waals surface area (Å²) in [4.78, 5) is 1.97. The van der Waals surface area contributed by atoms with Gasteiger partial charge in [-0.2, -0.15) is 0 Å². The number of nitrogens with zero attached hydrogens (tertiary/aromatic N) is 1. The number of fused-ring (bicyclic) bond motifs is 1. The Morgan fingerprint density at radius 3 is 1.72 bits per heavy atom. The molecular formula is C15H25ClIN. The molecule has 0 atom stereocenters. The summed E-state index contributed by atoms with van der Waals surface area (Å²) in [5, 5.41) is 3.20. The number of rotatable bonds is 0. The Labute approximate surface area is 131 Å². The fraction of sp³-hybridized carbons (Fsp3) is 0.467. The van der Waals surface area contributed by atoms with Crippen LogP contribution in [0.2, 0.25) is 5.15 Å². The van der Waals surface area contributed by atoms with Gasteiger partial charge in [-0.3, -0.25) is 0 Å². The molecule has 2 rings (SSSR count). The Kier molecular flexibility index (Phi) is 13.2. The van der Waals surface area contributed by atoms with Gasteiger partial charge in [-0.05, 0) is 11.9 Å². The third-order valence-electron chi connectivity index (χ3n) is 2.34. The maximum Gasteiger partial charge on any atom is 0.116 e. The second-order valence-electron chi connectivity index (χ2n) is 2.98. The van der Waals surface area contributed by atoms with E-state index in [2.05, 4.69) is 35.6 Å². The summed E-state index contributed by atoms with van der Waals surface area (Å²) in [5.41, 5.74) is 1.22. The van der Waals surface area contributed by atoms with E-state index >= 15 is 0 Å².